The van der Waals surface area contributed by atoms with Crippen molar-refractivity contribution in [1.29, 1.82) is 0 Å². The number of halogens is 2. The zero-order valence-corrected chi connectivity index (χ0v) is 19.0. The Hall–Kier alpha value is -1.55. The average molecular weight is 433 g/mol. The molecule has 1 saturated heterocycles. The molecule has 2 aromatic rings. The first-order valence-corrected chi connectivity index (χ1v) is 11.2. The van der Waals surface area contributed by atoms with Crippen molar-refractivity contribution in [1.82, 2.24) is 10.2 Å². The highest BCUT2D eigenvalue weighted by atomic mass is 35.5. The van der Waals surface area contributed by atoms with Gasteiger partial charge >= 0.3 is 0 Å². The molecule has 0 aliphatic carbocycles. The summed E-state index contributed by atoms with van der Waals surface area (Å²) < 4.78 is 0. The van der Waals surface area contributed by atoms with Gasteiger partial charge in [0, 0.05) is 12.5 Å². The van der Waals surface area contributed by atoms with E-state index in [1.165, 1.54) is 16.7 Å². The van der Waals surface area contributed by atoms with Crippen molar-refractivity contribution in [3.8, 4) is 0 Å². The number of nitrogens with zero attached hydrogens (tertiary/aromatic N) is 1. The molecule has 1 amide bonds. The summed E-state index contributed by atoms with van der Waals surface area (Å²) in [6.45, 7) is 9.02. The van der Waals surface area contributed by atoms with Crippen LogP contribution in [0, 0.1) is 19.8 Å². The second-order valence-corrected chi connectivity index (χ2v) is 8.94. The largest absolute Gasteiger partial charge is 0.349 e. The molecule has 1 fully saturated rings. The number of carbonyl (C=O) groups excluding carboxylic acids is 1. The van der Waals surface area contributed by atoms with E-state index in [4.69, 9.17) is 23.2 Å². The van der Waals surface area contributed by atoms with Crippen molar-refractivity contribution in [3.63, 3.8) is 0 Å². The number of aryl methyl sites for hydroxylation is 2. The molecule has 1 unspecified atom stereocenters. The molecule has 0 aromatic heterocycles. The van der Waals surface area contributed by atoms with E-state index in [1.54, 1.807) is 0 Å². The van der Waals surface area contributed by atoms with Gasteiger partial charge in [-0.1, -0.05) is 60.0 Å². The molecule has 1 N–H and O–H groups in total. The Kier molecular flexibility index (Phi) is 7.61. The minimum Gasteiger partial charge on any atom is -0.349 e. The number of piperidine rings is 1. The number of benzene rings is 2. The van der Waals surface area contributed by atoms with Crippen LogP contribution in [0.2, 0.25) is 10.0 Å². The molecule has 0 bridgehead atoms. The van der Waals surface area contributed by atoms with Crippen LogP contribution in [0.5, 0.6) is 0 Å². The first-order chi connectivity index (χ1) is 13.9. The van der Waals surface area contributed by atoms with Gasteiger partial charge < -0.3 is 5.32 Å². The van der Waals surface area contributed by atoms with Crippen molar-refractivity contribution in [3.05, 3.63) is 68.7 Å². The van der Waals surface area contributed by atoms with Crippen LogP contribution in [-0.4, -0.2) is 23.9 Å². The summed E-state index contributed by atoms with van der Waals surface area (Å²) in [6.07, 6.45) is 2.67. The fourth-order valence-electron chi connectivity index (χ4n) is 4.16. The van der Waals surface area contributed by atoms with Crippen molar-refractivity contribution in [2.45, 2.75) is 52.6 Å². The van der Waals surface area contributed by atoms with Crippen LogP contribution in [0.15, 0.2) is 36.4 Å². The maximum Gasteiger partial charge on any atom is 0.223 e. The Morgan fingerprint density at radius 3 is 2.45 bits per heavy atom. The average Bonchev–Trinajstić information content (AvgIpc) is 2.70. The van der Waals surface area contributed by atoms with E-state index in [9.17, 15) is 4.79 Å². The Balaban J connectivity index is 1.54. The van der Waals surface area contributed by atoms with E-state index in [0.717, 1.165) is 44.5 Å². The number of carbonyl (C=O) groups is 1. The third-order valence-corrected chi connectivity index (χ3v) is 6.61. The lowest BCUT2D eigenvalue weighted by Crippen LogP contribution is -2.41. The highest BCUT2D eigenvalue weighted by molar-refractivity contribution is 6.42. The molecule has 0 spiro atoms. The number of hydrogen-bond acceptors (Lipinski definition) is 2. The first kappa shape index (κ1) is 22.1. The maximum atomic E-state index is 12.9. The summed E-state index contributed by atoms with van der Waals surface area (Å²) in [6, 6.07) is 12.3. The SMILES string of the molecule is CCC(NC(=O)C1CCN(Cc2ccc(Cl)c(Cl)c2)CC1)c1ccc(C)cc1C. The summed E-state index contributed by atoms with van der Waals surface area (Å²) in [5.41, 5.74) is 4.88. The van der Waals surface area contributed by atoms with E-state index in [2.05, 4.69) is 49.2 Å². The van der Waals surface area contributed by atoms with Gasteiger partial charge in [0.15, 0.2) is 0 Å². The topological polar surface area (TPSA) is 32.3 Å². The summed E-state index contributed by atoms with van der Waals surface area (Å²) >= 11 is 12.1. The summed E-state index contributed by atoms with van der Waals surface area (Å²) in [7, 11) is 0. The number of likely N-dealkylation sites (tertiary alicyclic amines) is 1. The van der Waals surface area contributed by atoms with Gasteiger partial charge in [-0.3, -0.25) is 9.69 Å². The van der Waals surface area contributed by atoms with E-state index < -0.39 is 0 Å². The lowest BCUT2D eigenvalue weighted by Gasteiger charge is -2.32. The smallest absolute Gasteiger partial charge is 0.223 e. The Morgan fingerprint density at radius 1 is 1.10 bits per heavy atom. The van der Waals surface area contributed by atoms with Gasteiger partial charge in [-0.2, -0.15) is 0 Å². The lowest BCUT2D eigenvalue weighted by atomic mass is 9.93. The fourth-order valence-corrected chi connectivity index (χ4v) is 4.48. The molecule has 1 atom stereocenters. The van der Waals surface area contributed by atoms with E-state index in [-0.39, 0.29) is 17.9 Å². The molecule has 156 valence electrons. The van der Waals surface area contributed by atoms with E-state index in [1.807, 2.05) is 18.2 Å². The summed E-state index contributed by atoms with van der Waals surface area (Å²) in [4.78, 5) is 15.3. The highest BCUT2D eigenvalue weighted by Gasteiger charge is 2.27. The van der Waals surface area contributed by atoms with Gasteiger partial charge in [0.2, 0.25) is 5.91 Å². The number of hydrogen-bond donors (Lipinski definition) is 1. The molecule has 3 nitrogen and oxygen atoms in total. The first-order valence-electron chi connectivity index (χ1n) is 10.4. The van der Waals surface area contributed by atoms with Crippen molar-refractivity contribution < 1.29 is 4.79 Å². The number of rotatable bonds is 6. The van der Waals surface area contributed by atoms with Crippen LogP contribution < -0.4 is 5.32 Å². The fraction of sp³-hybridized carbons (Fsp3) is 0.458. The molecule has 0 saturated carbocycles. The molecule has 5 heteroatoms. The Labute approximate surface area is 184 Å². The zero-order chi connectivity index (χ0) is 21.0. The van der Waals surface area contributed by atoms with Crippen LogP contribution in [-0.2, 0) is 11.3 Å². The van der Waals surface area contributed by atoms with E-state index >= 15 is 0 Å². The predicted molar refractivity (Wildman–Crippen MR) is 122 cm³/mol. The normalized spacial score (nSPS) is 16.6. The Morgan fingerprint density at radius 2 is 1.83 bits per heavy atom. The van der Waals surface area contributed by atoms with Gasteiger partial charge in [0.1, 0.15) is 0 Å². The van der Waals surface area contributed by atoms with E-state index in [0.29, 0.717) is 10.0 Å². The quantitative estimate of drug-likeness (QED) is 0.598. The molecule has 1 heterocycles. The lowest BCUT2D eigenvalue weighted by molar-refractivity contribution is -0.127. The molecule has 2 aromatic carbocycles. The third kappa shape index (κ3) is 5.75. The molecule has 29 heavy (non-hydrogen) atoms. The van der Waals surface area contributed by atoms with Gasteiger partial charge in [0.05, 0.1) is 16.1 Å². The Bertz CT molecular complexity index is 860. The van der Waals surface area contributed by atoms with Gasteiger partial charge in [0.25, 0.3) is 0 Å². The second kappa shape index (κ2) is 9.97. The van der Waals surface area contributed by atoms with Crippen LogP contribution >= 0.6 is 23.2 Å². The van der Waals surface area contributed by atoms with Gasteiger partial charge in [-0.15, -0.1) is 0 Å². The molecular formula is C24H30Cl2N2O. The van der Waals surface area contributed by atoms with Gasteiger partial charge in [-0.05, 0) is 75.0 Å². The van der Waals surface area contributed by atoms with Crippen LogP contribution in [0.1, 0.15) is 54.5 Å². The van der Waals surface area contributed by atoms with Crippen molar-refractivity contribution in [2.75, 3.05) is 13.1 Å². The van der Waals surface area contributed by atoms with Crippen LogP contribution in [0.4, 0.5) is 0 Å². The molecule has 1 aliphatic rings. The minimum atomic E-state index is 0.0809. The number of amides is 1. The number of nitrogens with one attached hydrogen (secondary N) is 1. The standard InChI is InChI=1S/C24H30Cl2N2O/c1-4-23(20-7-5-16(2)13-17(20)3)27-24(29)19-9-11-28(12-10-19)15-18-6-8-21(25)22(26)14-18/h5-8,13-14,19,23H,4,9-12,15H2,1-3H3,(H,27,29). The van der Waals surface area contributed by atoms with Crippen molar-refractivity contribution >= 4 is 29.1 Å². The third-order valence-electron chi connectivity index (χ3n) is 5.87. The monoisotopic (exact) mass is 432 g/mol. The predicted octanol–water partition coefficient (Wildman–Crippen LogP) is 6.09. The highest BCUT2D eigenvalue weighted by Crippen LogP contribution is 2.26. The molecule has 3 rings (SSSR count). The van der Waals surface area contributed by atoms with Crippen molar-refractivity contribution in [2.24, 2.45) is 5.92 Å². The zero-order valence-electron chi connectivity index (χ0n) is 17.5. The second-order valence-electron chi connectivity index (χ2n) is 8.13. The van der Waals surface area contributed by atoms with Crippen LogP contribution in [0.25, 0.3) is 0 Å². The minimum absolute atomic E-state index is 0.0809. The summed E-state index contributed by atoms with van der Waals surface area (Å²) in [5, 5.41) is 4.48. The summed E-state index contributed by atoms with van der Waals surface area (Å²) in [5.74, 6) is 0.269. The molecule has 1 aliphatic heterocycles. The molecule has 0 radical (unpaired) electrons. The molecular weight excluding hydrogens is 403 g/mol. The van der Waals surface area contributed by atoms with Crippen LogP contribution in [0.3, 0.4) is 0 Å². The maximum absolute atomic E-state index is 12.9. The van der Waals surface area contributed by atoms with Gasteiger partial charge in [-0.25, -0.2) is 0 Å².